The zero-order chi connectivity index (χ0) is 50.3. The number of fused-ring (bicyclic) bond motifs is 2. The number of aryl methyl sites for hydroxylation is 5. The number of benzene rings is 3. The van der Waals surface area contributed by atoms with Crippen molar-refractivity contribution in [2.45, 2.75) is 78.9 Å². The number of morpholine rings is 1. The van der Waals surface area contributed by atoms with Crippen LogP contribution >= 0.6 is 11.6 Å². The number of aldehydes is 2. The molecule has 2 aromatic heterocycles. The first-order chi connectivity index (χ1) is 33.9. The summed E-state index contributed by atoms with van der Waals surface area (Å²) in [6, 6.07) is 13.9. The second-order valence-electron chi connectivity index (χ2n) is 17.2. The van der Waals surface area contributed by atoms with Gasteiger partial charge in [0.1, 0.15) is 24.0 Å². The minimum atomic E-state index is -1.01. The Morgan fingerprint density at radius 3 is 2.29 bits per heavy atom. The number of imide groups is 1. The van der Waals surface area contributed by atoms with Crippen molar-refractivity contribution in [1.82, 2.24) is 24.1 Å². The molecule has 2 aliphatic heterocycles. The molecule has 0 bridgehead atoms. The number of halogens is 1. The molecule has 17 nitrogen and oxygen atoms in total. The highest BCUT2D eigenvalue weighted by atomic mass is 35.5. The van der Waals surface area contributed by atoms with E-state index in [-0.39, 0.29) is 24.0 Å². The third-order valence-electron chi connectivity index (χ3n) is 12.6. The highest BCUT2D eigenvalue weighted by molar-refractivity contribution is 6.32. The van der Waals surface area contributed by atoms with Crippen LogP contribution in [0.1, 0.15) is 85.0 Å². The van der Waals surface area contributed by atoms with Crippen LogP contribution in [0.3, 0.4) is 0 Å². The number of rotatable bonds is 26. The van der Waals surface area contributed by atoms with Gasteiger partial charge >= 0.3 is 5.97 Å². The Kier molecular flexibility index (Phi) is 19.7. The number of ether oxygens (including phenoxy) is 4. The summed E-state index contributed by atoms with van der Waals surface area (Å²) in [5.74, 6) is -1.34. The molecular formula is C52H66ClN7O10. The number of hydrogen-bond donors (Lipinski definition) is 3. The van der Waals surface area contributed by atoms with E-state index in [0.29, 0.717) is 116 Å². The molecule has 2 amide bonds. The quantitative estimate of drug-likeness (QED) is 0.0300. The summed E-state index contributed by atoms with van der Waals surface area (Å²) in [7, 11) is 1.50. The van der Waals surface area contributed by atoms with E-state index in [9.17, 15) is 29.1 Å². The van der Waals surface area contributed by atoms with E-state index in [2.05, 4.69) is 28.9 Å². The summed E-state index contributed by atoms with van der Waals surface area (Å²) in [5.41, 5.74) is 13.0. The number of anilines is 1. The van der Waals surface area contributed by atoms with E-state index >= 15 is 0 Å². The van der Waals surface area contributed by atoms with Crippen LogP contribution in [0.25, 0.3) is 22.0 Å². The highest BCUT2D eigenvalue weighted by Crippen LogP contribution is 2.38. The van der Waals surface area contributed by atoms with Crippen LogP contribution in [0.5, 0.6) is 5.75 Å². The average Bonchev–Trinajstić information content (AvgIpc) is 3.94. The number of aromatic nitrogens is 3. The summed E-state index contributed by atoms with van der Waals surface area (Å²) < 4.78 is 27.4. The predicted molar refractivity (Wildman–Crippen MR) is 269 cm³/mol. The molecule has 4 N–H and O–H groups in total. The topological polar surface area (TPSA) is 210 Å². The molecule has 0 aliphatic carbocycles. The first-order valence-corrected chi connectivity index (χ1v) is 24.3. The van der Waals surface area contributed by atoms with Crippen LogP contribution in [0, 0.1) is 27.7 Å². The van der Waals surface area contributed by atoms with E-state index in [1.807, 2.05) is 54.3 Å². The third-order valence-corrected chi connectivity index (χ3v) is 13.2. The molecule has 0 radical (unpaired) electrons. The van der Waals surface area contributed by atoms with Crippen molar-refractivity contribution in [2.75, 3.05) is 84.8 Å². The van der Waals surface area contributed by atoms with Gasteiger partial charge in [-0.25, -0.2) is 4.79 Å². The van der Waals surface area contributed by atoms with E-state index in [0.717, 1.165) is 78.9 Å². The van der Waals surface area contributed by atoms with Gasteiger partial charge in [-0.05, 0) is 101 Å². The maximum absolute atomic E-state index is 13.3. The van der Waals surface area contributed by atoms with Gasteiger partial charge in [0.25, 0.3) is 11.8 Å². The van der Waals surface area contributed by atoms with Gasteiger partial charge in [0.15, 0.2) is 0 Å². The van der Waals surface area contributed by atoms with E-state index < -0.39 is 23.8 Å². The van der Waals surface area contributed by atoms with Crippen molar-refractivity contribution in [1.29, 1.82) is 0 Å². The number of nitrogens with two attached hydrogens (primary N) is 1. The summed E-state index contributed by atoms with van der Waals surface area (Å²) in [4.78, 5) is 65.3. The lowest BCUT2D eigenvalue weighted by Gasteiger charge is -2.27. The van der Waals surface area contributed by atoms with E-state index in [1.165, 1.54) is 7.05 Å². The normalized spacial score (nSPS) is 14.1. The first-order valence-electron chi connectivity index (χ1n) is 23.9. The molecule has 1 atom stereocenters. The fourth-order valence-corrected chi connectivity index (χ4v) is 9.46. The number of nitrogens with one attached hydrogen (secondary N) is 1. The number of amides is 2. The maximum atomic E-state index is 13.3. The molecule has 1 saturated heterocycles. The van der Waals surface area contributed by atoms with Gasteiger partial charge in [0.05, 0.1) is 68.0 Å². The number of nitrogens with zero attached hydrogens (tertiary/aromatic N) is 5. The van der Waals surface area contributed by atoms with Crippen molar-refractivity contribution in [2.24, 2.45) is 5.73 Å². The van der Waals surface area contributed by atoms with Crippen LogP contribution in [0.15, 0.2) is 48.5 Å². The zero-order valence-electron chi connectivity index (χ0n) is 40.9. The molecule has 18 heteroatoms. The smallest absolute Gasteiger partial charge is 0.352 e. The lowest BCUT2D eigenvalue weighted by atomic mass is 9.98. The van der Waals surface area contributed by atoms with Crippen molar-refractivity contribution in [3.05, 3.63) is 98.5 Å². The molecular weight excluding hydrogens is 918 g/mol. The minimum Gasteiger partial charge on any atom is -0.494 e. The SMILES string of the molecule is CN.Cc1cc(OCCCc2c(C(=O)O)n(CCN3CCOCC3)c3c(-c4c(C)nn(CCCOCCOCCNc5cccc6c5C(=O)N(C(C=O)CCC=O)C6=O)c4C)cccc23)cc(C)c1Cl. The van der Waals surface area contributed by atoms with Gasteiger partial charge in [-0.15, -0.1) is 0 Å². The highest BCUT2D eigenvalue weighted by Gasteiger charge is 2.41. The molecule has 376 valence electrons. The molecule has 5 aromatic rings. The molecule has 7 rings (SSSR count). The molecule has 2 aliphatic rings. The summed E-state index contributed by atoms with van der Waals surface area (Å²) in [6.07, 6.45) is 3.17. The number of carboxylic acids is 1. The van der Waals surface area contributed by atoms with Gasteiger partial charge in [-0.2, -0.15) is 5.10 Å². The first kappa shape index (κ1) is 53.4. The lowest BCUT2D eigenvalue weighted by Crippen LogP contribution is -2.41. The van der Waals surface area contributed by atoms with E-state index in [1.54, 1.807) is 18.2 Å². The van der Waals surface area contributed by atoms with Gasteiger partial charge in [-0.3, -0.25) is 24.1 Å². The molecule has 3 aromatic carbocycles. The number of carbonyl (C=O) groups is 5. The van der Waals surface area contributed by atoms with Gasteiger partial charge in [-0.1, -0.05) is 35.9 Å². The van der Waals surface area contributed by atoms with Crippen LogP contribution < -0.4 is 15.8 Å². The van der Waals surface area contributed by atoms with Crippen molar-refractivity contribution >= 4 is 58.5 Å². The summed E-state index contributed by atoms with van der Waals surface area (Å²) in [6.45, 7) is 15.0. The van der Waals surface area contributed by atoms with Crippen LogP contribution in [0.2, 0.25) is 5.02 Å². The largest absolute Gasteiger partial charge is 0.494 e. The van der Waals surface area contributed by atoms with Crippen LogP contribution in [-0.2, 0) is 43.3 Å². The fraction of sp³-hybridized carbons (Fsp3) is 0.462. The number of carboxylic acid groups (broad SMARTS) is 1. The summed E-state index contributed by atoms with van der Waals surface area (Å²) >= 11 is 6.39. The van der Waals surface area contributed by atoms with Gasteiger partial charge < -0.3 is 49.3 Å². The number of carbonyl (C=O) groups excluding carboxylic acids is 4. The van der Waals surface area contributed by atoms with Crippen molar-refractivity contribution in [3.8, 4) is 16.9 Å². The van der Waals surface area contributed by atoms with Crippen molar-refractivity contribution in [3.63, 3.8) is 0 Å². The Morgan fingerprint density at radius 2 is 1.59 bits per heavy atom. The molecule has 70 heavy (non-hydrogen) atoms. The Balaban J connectivity index is 0.00000397. The van der Waals surface area contributed by atoms with Crippen LogP contribution in [-0.4, -0.2) is 145 Å². The molecule has 0 saturated carbocycles. The lowest BCUT2D eigenvalue weighted by molar-refractivity contribution is -0.112. The predicted octanol–water partition coefficient (Wildman–Crippen LogP) is 6.69. The number of aromatic carboxylic acids is 1. The number of hydrogen-bond acceptors (Lipinski definition) is 13. The Bertz CT molecular complexity index is 2620. The van der Waals surface area contributed by atoms with E-state index in [4.69, 9.17) is 35.6 Å². The van der Waals surface area contributed by atoms with Gasteiger partial charge in [0, 0.05) is 85.2 Å². The maximum Gasteiger partial charge on any atom is 0.352 e. The fourth-order valence-electron chi connectivity index (χ4n) is 9.35. The average molecular weight is 985 g/mol. The second kappa shape index (κ2) is 25.8. The van der Waals surface area contributed by atoms with Crippen molar-refractivity contribution < 1.29 is 48.0 Å². The standard InChI is InChI=1S/C51H61ClN6O10.CH5N/c1-33-30-38(31-34(2)46(33)52)68-24-8-14-40-39-11-5-12-41(47(39)56(48(40)51(63)64)19-18-55-20-26-67-27-21-55)44-35(3)54-57(36(44)4)17-9-23-65-28-29-66-25-16-53-43-15-6-13-42-45(43)50(62)58(49(42)61)37(32-60)10-7-22-59;1-2/h5-6,11-13,15,22,30-32,37,53H,7-10,14,16-21,23-29H2,1-4H3,(H,63,64);2H2,1H3. The molecule has 0 spiro atoms. The Hall–Kier alpha value is -5.95. The Morgan fingerprint density at radius 1 is 0.886 bits per heavy atom. The third kappa shape index (κ3) is 12.3. The zero-order valence-corrected chi connectivity index (χ0v) is 41.6. The Labute approximate surface area is 414 Å². The second-order valence-corrected chi connectivity index (χ2v) is 17.6. The number of para-hydroxylation sites is 1. The molecule has 1 unspecified atom stereocenters. The summed E-state index contributed by atoms with van der Waals surface area (Å²) in [5, 5.41) is 20.6. The molecule has 4 heterocycles. The van der Waals surface area contributed by atoms with Gasteiger partial charge in [0.2, 0.25) is 0 Å². The molecule has 1 fully saturated rings. The minimum absolute atomic E-state index is 0.0595. The van der Waals surface area contributed by atoms with Crippen LogP contribution in [0.4, 0.5) is 5.69 Å². The monoisotopic (exact) mass is 983 g/mol.